The maximum Gasteiger partial charge on any atom is 0.161 e. The Morgan fingerprint density at radius 3 is 2.53 bits per heavy atom. The van der Waals surface area contributed by atoms with E-state index in [2.05, 4.69) is 48.6 Å². The molecule has 0 bridgehead atoms. The number of nitrogens with zero attached hydrogens (tertiary/aromatic N) is 1. The van der Waals surface area contributed by atoms with Crippen molar-refractivity contribution in [3.05, 3.63) is 83.4 Å². The quantitative estimate of drug-likeness (QED) is 0.479. The van der Waals surface area contributed by atoms with E-state index in [0.717, 1.165) is 48.9 Å². The number of nitrogens with one attached hydrogen (secondary N) is 1. The molecule has 4 rings (SSSR count). The van der Waals surface area contributed by atoms with Crippen molar-refractivity contribution in [1.82, 2.24) is 10.2 Å². The molecule has 5 nitrogen and oxygen atoms in total. The number of hydrogen-bond acceptors (Lipinski definition) is 5. The highest BCUT2D eigenvalue weighted by Crippen LogP contribution is 2.38. The average Bonchev–Trinajstić information content (AvgIpc) is 2.81. The number of hydrogen-bond donors (Lipinski definition) is 1. The van der Waals surface area contributed by atoms with Gasteiger partial charge in [0.05, 0.1) is 19.8 Å². The minimum absolute atomic E-state index is 0.0769. The monoisotopic (exact) mass is 432 g/mol. The normalized spacial score (nSPS) is 15.3. The van der Waals surface area contributed by atoms with Crippen molar-refractivity contribution in [2.24, 2.45) is 0 Å². The SMILES string of the molecule is COc1cc2c(cc1OCCCN(C)C)C(c1cccc(Oc3ccccc3)c1)NCC2. The summed E-state index contributed by atoms with van der Waals surface area (Å²) in [6.45, 7) is 2.56. The van der Waals surface area contributed by atoms with Crippen LogP contribution in [0.5, 0.6) is 23.0 Å². The van der Waals surface area contributed by atoms with Crippen molar-refractivity contribution in [1.29, 1.82) is 0 Å². The molecule has 0 aliphatic carbocycles. The van der Waals surface area contributed by atoms with E-state index in [1.165, 1.54) is 16.7 Å². The highest BCUT2D eigenvalue weighted by molar-refractivity contribution is 5.52. The average molecular weight is 433 g/mol. The minimum atomic E-state index is 0.0769. The van der Waals surface area contributed by atoms with Gasteiger partial charge in [-0.25, -0.2) is 0 Å². The minimum Gasteiger partial charge on any atom is -0.493 e. The molecule has 0 radical (unpaired) electrons. The lowest BCUT2D eigenvalue weighted by Gasteiger charge is -2.29. The molecule has 0 spiro atoms. The first-order valence-electron chi connectivity index (χ1n) is 11.2. The first-order chi connectivity index (χ1) is 15.6. The molecule has 5 heteroatoms. The van der Waals surface area contributed by atoms with Crippen LogP contribution in [0.25, 0.3) is 0 Å². The molecular weight excluding hydrogens is 400 g/mol. The summed E-state index contributed by atoms with van der Waals surface area (Å²) in [5.74, 6) is 3.27. The van der Waals surface area contributed by atoms with Gasteiger partial charge < -0.3 is 24.4 Å². The van der Waals surface area contributed by atoms with E-state index in [1.54, 1.807) is 7.11 Å². The highest BCUT2D eigenvalue weighted by atomic mass is 16.5. The fraction of sp³-hybridized carbons (Fsp3) is 0.333. The topological polar surface area (TPSA) is 43.0 Å². The molecule has 1 atom stereocenters. The second-order valence-electron chi connectivity index (χ2n) is 8.33. The molecule has 0 amide bonds. The van der Waals surface area contributed by atoms with E-state index in [9.17, 15) is 0 Å². The van der Waals surface area contributed by atoms with Crippen molar-refractivity contribution >= 4 is 0 Å². The molecule has 0 fully saturated rings. The van der Waals surface area contributed by atoms with Gasteiger partial charge in [0.15, 0.2) is 11.5 Å². The van der Waals surface area contributed by atoms with Crippen LogP contribution in [0.1, 0.15) is 29.2 Å². The van der Waals surface area contributed by atoms with Crippen molar-refractivity contribution in [2.45, 2.75) is 18.9 Å². The van der Waals surface area contributed by atoms with Crippen LogP contribution in [0.15, 0.2) is 66.7 Å². The molecule has 3 aromatic rings. The Balaban J connectivity index is 1.58. The first kappa shape index (κ1) is 22.2. The fourth-order valence-electron chi connectivity index (χ4n) is 4.08. The predicted molar refractivity (Wildman–Crippen MR) is 128 cm³/mol. The van der Waals surface area contributed by atoms with Gasteiger partial charge in [-0.1, -0.05) is 30.3 Å². The van der Waals surface area contributed by atoms with Crippen LogP contribution in [0.4, 0.5) is 0 Å². The Labute approximate surface area is 190 Å². The summed E-state index contributed by atoms with van der Waals surface area (Å²) < 4.78 is 17.8. The molecule has 3 aromatic carbocycles. The van der Waals surface area contributed by atoms with E-state index < -0.39 is 0 Å². The highest BCUT2D eigenvalue weighted by Gasteiger charge is 2.24. The zero-order valence-corrected chi connectivity index (χ0v) is 19.1. The third kappa shape index (κ3) is 5.42. The van der Waals surface area contributed by atoms with Gasteiger partial charge in [0.25, 0.3) is 0 Å². The van der Waals surface area contributed by atoms with E-state index in [1.807, 2.05) is 42.5 Å². The zero-order chi connectivity index (χ0) is 22.3. The lowest BCUT2D eigenvalue weighted by Crippen LogP contribution is -2.30. The van der Waals surface area contributed by atoms with Gasteiger partial charge >= 0.3 is 0 Å². The van der Waals surface area contributed by atoms with Gasteiger partial charge in [-0.05, 0) is 80.0 Å². The van der Waals surface area contributed by atoms with E-state index in [0.29, 0.717) is 6.61 Å². The molecule has 0 saturated carbocycles. The zero-order valence-electron chi connectivity index (χ0n) is 19.1. The molecule has 32 heavy (non-hydrogen) atoms. The van der Waals surface area contributed by atoms with Gasteiger partial charge in [-0.3, -0.25) is 0 Å². The van der Waals surface area contributed by atoms with Crippen molar-refractivity contribution in [3.8, 4) is 23.0 Å². The number of rotatable bonds is 9. The summed E-state index contributed by atoms with van der Waals surface area (Å²) >= 11 is 0. The van der Waals surface area contributed by atoms with Gasteiger partial charge in [0.2, 0.25) is 0 Å². The Bertz CT molecular complexity index is 1020. The summed E-state index contributed by atoms with van der Waals surface area (Å²) in [5.41, 5.74) is 3.69. The molecule has 168 valence electrons. The maximum atomic E-state index is 6.13. The summed E-state index contributed by atoms with van der Waals surface area (Å²) in [5, 5.41) is 3.67. The summed E-state index contributed by atoms with van der Waals surface area (Å²) in [4.78, 5) is 2.16. The van der Waals surface area contributed by atoms with Crippen LogP contribution < -0.4 is 19.5 Å². The number of methoxy groups -OCH3 is 1. The largest absolute Gasteiger partial charge is 0.493 e. The van der Waals surface area contributed by atoms with Gasteiger partial charge in [0.1, 0.15) is 11.5 Å². The Hall–Kier alpha value is -3.02. The van der Waals surface area contributed by atoms with Gasteiger partial charge in [-0.15, -0.1) is 0 Å². The summed E-state index contributed by atoms with van der Waals surface area (Å²) in [6.07, 6.45) is 1.93. The smallest absolute Gasteiger partial charge is 0.161 e. The number of fused-ring (bicyclic) bond motifs is 1. The molecule has 1 N–H and O–H groups in total. The molecule has 1 heterocycles. The maximum absolute atomic E-state index is 6.13. The van der Waals surface area contributed by atoms with E-state index in [4.69, 9.17) is 14.2 Å². The number of benzene rings is 3. The summed E-state index contributed by atoms with van der Waals surface area (Å²) in [7, 11) is 5.86. The standard InChI is InChI=1S/C27H32N2O3/c1-29(2)15-8-16-31-26-19-24-20(18-25(26)30-3)13-14-28-27(24)21-9-7-12-23(17-21)32-22-10-5-4-6-11-22/h4-7,9-12,17-19,27-28H,8,13-16H2,1-3H3. The van der Waals surface area contributed by atoms with Gasteiger partial charge in [-0.2, -0.15) is 0 Å². The molecule has 1 aliphatic heterocycles. The van der Waals surface area contributed by atoms with Crippen LogP contribution in [0, 0.1) is 0 Å². The first-order valence-corrected chi connectivity index (χ1v) is 11.2. The third-order valence-corrected chi connectivity index (χ3v) is 5.66. The third-order valence-electron chi connectivity index (χ3n) is 5.66. The van der Waals surface area contributed by atoms with E-state index in [-0.39, 0.29) is 6.04 Å². The van der Waals surface area contributed by atoms with Crippen LogP contribution in [0.3, 0.4) is 0 Å². The molecule has 0 aromatic heterocycles. The van der Waals surface area contributed by atoms with E-state index >= 15 is 0 Å². The second kappa shape index (κ2) is 10.5. The fourth-order valence-corrected chi connectivity index (χ4v) is 4.08. The van der Waals surface area contributed by atoms with Crippen molar-refractivity contribution < 1.29 is 14.2 Å². The lowest BCUT2D eigenvalue weighted by atomic mass is 9.89. The van der Waals surface area contributed by atoms with Crippen LogP contribution in [-0.4, -0.2) is 45.8 Å². The molecule has 0 saturated heterocycles. The summed E-state index contributed by atoms with van der Waals surface area (Å²) in [6, 6.07) is 22.5. The number of ether oxygens (including phenoxy) is 3. The van der Waals surface area contributed by atoms with Crippen LogP contribution in [0.2, 0.25) is 0 Å². The van der Waals surface area contributed by atoms with Crippen molar-refractivity contribution in [3.63, 3.8) is 0 Å². The Morgan fingerprint density at radius 1 is 0.938 bits per heavy atom. The Kier molecular flexibility index (Phi) is 7.30. The van der Waals surface area contributed by atoms with Gasteiger partial charge in [0, 0.05) is 13.1 Å². The Morgan fingerprint density at radius 2 is 1.75 bits per heavy atom. The predicted octanol–water partition coefficient (Wildman–Crippen LogP) is 5.05. The number of para-hydroxylation sites is 1. The molecule has 1 aliphatic rings. The molecule has 1 unspecified atom stereocenters. The lowest BCUT2D eigenvalue weighted by molar-refractivity contribution is 0.267. The van der Waals surface area contributed by atoms with Crippen LogP contribution >= 0.6 is 0 Å². The second-order valence-corrected chi connectivity index (χ2v) is 8.33. The van der Waals surface area contributed by atoms with Crippen LogP contribution in [-0.2, 0) is 6.42 Å². The molecular formula is C27H32N2O3. The van der Waals surface area contributed by atoms with Crippen molar-refractivity contribution in [2.75, 3.05) is 40.9 Å².